The molecule has 4 rings (SSSR count). The number of aromatic nitrogens is 2. The lowest BCUT2D eigenvalue weighted by molar-refractivity contribution is -0.117. The quantitative estimate of drug-likeness (QED) is 0.530. The molecule has 2 aromatic carbocycles. The third-order valence-electron chi connectivity index (χ3n) is 5.05. The van der Waals surface area contributed by atoms with E-state index in [0.29, 0.717) is 23.5 Å². The normalized spacial score (nSPS) is 11.5. The van der Waals surface area contributed by atoms with E-state index < -0.39 is 0 Å². The van der Waals surface area contributed by atoms with E-state index >= 15 is 0 Å². The van der Waals surface area contributed by atoms with Crippen LogP contribution >= 0.6 is 0 Å². The largest absolute Gasteiger partial charge is 0.449 e. The molecule has 2 heterocycles. The fourth-order valence-electron chi connectivity index (χ4n) is 3.84. The Morgan fingerprint density at radius 2 is 1.87 bits per heavy atom. The molecular formula is C23H24N4O3. The molecule has 1 amide bonds. The van der Waals surface area contributed by atoms with Crippen LogP contribution in [0.4, 0.5) is 5.69 Å². The number of hydrogen-bond donors (Lipinski definition) is 2. The van der Waals surface area contributed by atoms with Crippen LogP contribution in [0.1, 0.15) is 22.5 Å². The maximum absolute atomic E-state index is 12.6. The second-order valence-corrected chi connectivity index (χ2v) is 7.78. The number of nitrogens with zero attached hydrogens (tertiary/aromatic N) is 2. The highest BCUT2D eigenvalue weighted by atomic mass is 16.3. The molecule has 0 saturated carbocycles. The summed E-state index contributed by atoms with van der Waals surface area (Å²) in [6, 6.07) is 11.5. The van der Waals surface area contributed by atoms with Gasteiger partial charge < -0.3 is 14.7 Å². The van der Waals surface area contributed by atoms with E-state index in [4.69, 9.17) is 4.42 Å². The predicted molar refractivity (Wildman–Crippen MR) is 118 cm³/mol. The van der Waals surface area contributed by atoms with Crippen molar-refractivity contribution in [3.05, 3.63) is 69.3 Å². The Morgan fingerprint density at radius 3 is 2.60 bits per heavy atom. The number of anilines is 1. The van der Waals surface area contributed by atoms with Gasteiger partial charge >= 0.3 is 0 Å². The fourth-order valence-corrected chi connectivity index (χ4v) is 3.84. The standard InChI is InChI=1S/C23H24N4O3/c1-13-9-14(2)20(15(3)10-13)26-19(28)12-27(4)11-18-24-21-16-7-5-6-8-17(16)30-22(21)23(29)25-18/h5-10H,11-12H2,1-4H3,(H,26,28)(H,24,25,29). The number of benzene rings is 2. The van der Waals surface area contributed by atoms with E-state index in [1.54, 1.807) is 4.90 Å². The van der Waals surface area contributed by atoms with Crippen LogP contribution in [0, 0.1) is 20.8 Å². The second-order valence-electron chi connectivity index (χ2n) is 7.78. The number of H-pyrrole nitrogens is 1. The molecule has 0 radical (unpaired) electrons. The van der Waals surface area contributed by atoms with Crippen LogP contribution in [0.25, 0.3) is 22.1 Å². The van der Waals surface area contributed by atoms with Gasteiger partial charge in [-0.1, -0.05) is 29.8 Å². The summed E-state index contributed by atoms with van der Waals surface area (Å²) in [5.41, 5.74) is 5.13. The molecule has 0 fully saturated rings. The molecule has 154 valence electrons. The molecule has 0 unspecified atom stereocenters. The number of carbonyl (C=O) groups excluding carboxylic acids is 1. The first-order valence-corrected chi connectivity index (χ1v) is 9.78. The summed E-state index contributed by atoms with van der Waals surface area (Å²) in [4.78, 5) is 34.1. The lowest BCUT2D eigenvalue weighted by Gasteiger charge is -2.17. The molecule has 0 saturated heterocycles. The topological polar surface area (TPSA) is 91.2 Å². The lowest BCUT2D eigenvalue weighted by atomic mass is 10.1. The summed E-state index contributed by atoms with van der Waals surface area (Å²) in [7, 11) is 1.81. The van der Waals surface area contributed by atoms with Crippen molar-refractivity contribution in [1.82, 2.24) is 14.9 Å². The fraction of sp³-hybridized carbons (Fsp3) is 0.261. The Bertz CT molecular complexity index is 1300. The van der Waals surface area contributed by atoms with Gasteiger partial charge in [-0.2, -0.15) is 0 Å². The molecule has 0 aliphatic heterocycles. The zero-order chi connectivity index (χ0) is 21.4. The van der Waals surface area contributed by atoms with Gasteiger partial charge in [0.05, 0.1) is 13.1 Å². The van der Waals surface area contributed by atoms with Crippen LogP contribution in [-0.4, -0.2) is 34.4 Å². The minimum absolute atomic E-state index is 0.121. The highest BCUT2D eigenvalue weighted by Crippen LogP contribution is 2.24. The van der Waals surface area contributed by atoms with Crippen LogP contribution in [0.5, 0.6) is 0 Å². The Kier molecular flexibility index (Phi) is 5.13. The monoisotopic (exact) mass is 404 g/mol. The first-order chi connectivity index (χ1) is 14.3. The first-order valence-electron chi connectivity index (χ1n) is 9.78. The smallest absolute Gasteiger partial charge is 0.294 e. The molecule has 0 aliphatic rings. The number of amides is 1. The van der Waals surface area contributed by atoms with Crippen molar-refractivity contribution in [1.29, 1.82) is 0 Å². The number of para-hydroxylation sites is 1. The number of nitrogens with one attached hydrogen (secondary N) is 2. The van der Waals surface area contributed by atoms with Crippen LogP contribution < -0.4 is 10.9 Å². The summed E-state index contributed by atoms with van der Waals surface area (Å²) in [5, 5.41) is 3.79. The van der Waals surface area contributed by atoms with Gasteiger partial charge in [0, 0.05) is 11.1 Å². The maximum Gasteiger partial charge on any atom is 0.294 e. The molecule has 7 heteroatoms. The Balaban J connectivity index is 1.51. The first kappa shape index (κ1) is 19.8. The van der Waals surface area contributed by atoms with Crippen molar-refractivity contribution in [2.24, 2.45) is 0 Å². The minimum Gasteiger partial charge on any atom is -0.449 e. The molecule has 2 N–H and O–H groups in total. The molecule has 0 spiro atoms. The van der Waals surface area contributed by atoms with E-state index in [2.05, 4.69) is 15.3 Å². The van der Waals surface area contributed by atoms with Crippen LogP contribution in [0.15, 0.2) is 45.6 Å². The van der Waals surface area contributed by atoms with E-state index in [1.807, 2.05) is 64.2 Å². The van der Waals surface area contributed by atoms with Gasteiger partial charge in [-0.25, -0.2) is 4.98 Å². The van der Waals surface area contributed by atoms with Crippen molar-refractivity contribution < 1.29 is 9.21 Å². The Labute approximate surface area is 173 Å². The van der Waals surface area contributed by atoms with Crippen LogP contribution in [0.3, 0.4) is 0 Å². The van der Waals surface area contributed by atoms with E-state index in [-0.39, 0.29) is 23.6 Å². The Morgan fingerprint density at radius 1 is 1.17 bits per heavy atom. The van der Waals surface area contributed by atoms with Gasteiger partial charge in [-0.3, -0.25) is 14.5 Å². The predicted octanol–water partition coefficient (Wildman–Crippen LogP) is 3.67. The van der Waals surface area contributed by atoms with Gasteiger partial charge in [-0.05, 0) is 51.1 Å². The second kappa shape index (κ2) is 7.76. The van der Waals surface area contributed by atoms with Crippen molar-refractivity contribution in [3.63, 3.8) is 0 Å². The van der Waals surface area contributed by atoms with Crippen molar-refractivity contribution in [3.8, 4) is 0 Å². The van der Waals surface area contributed by atoms with Gasteiger partial charge in [-0.15, -0.1) is 0 Å². The average molecular weight is 404 g/mol. The van der Waals surface area contributed by atoms with Gasteiger partial charge in [0.2, 0.25) is 11.5 Å². The third kappa shape index (κ3) is 3.84. The van der Waals surface area contributed by atoms with Gasteiger partial charge in [0.1, 0.15) is 16.9 Å². The van der Waals surface area contributed by atoms with Crippen molar-refractivity contribution in [2.75, 3.05) is 18.9 Å². The van der Waals surface area contributed by atoms with Crippen LogP contribution in [-0.2, 0) is 11.3 Å². The SMILES string of the molecule is Cc1cc(C)c(NC(=O)CN(C)Cc2nc3c(oc4ccccc43)c(=O)[nH]2)c(C)c1. The number of rotatable bonds is 5. The Hall–Kier alpha value is -3.45. The van der Waals surface area contributed by atoms with Crippen molar-refractivity contribution >= 4 is 33.7 Å². The lowest BCUT2D eigenvalue weighted by Crippen LogP contribution is -2.31. The summed E-state index contributed by atoms with van der Waals surface area (Å²) in [6.07, 6.45) is 0. The zero-order valence-corrected chi connectivity index (χ0v) is 17.5. The maximum atomic E-state index is 12.6. The number of furan rings is 1. The number of fused-ring (bicyclic) bond motifs is 3. The number of carbonyl (C=O) groups is 1. The number of aryl methyl sites for hydroxylation is 3. The minimum atomic E-state index is -0.324. The summed E-state index contributed by atoms with van der Waals surface area (Å²) in [5.74, 6) is 0.363. The zero-order valence-electron chi connectivity index (χ0n) is 17.5. The molecule has 0 atom stereocenters. The highest BCUT2D eigenvalue weighted by Gasteiger charge is 2.15. The summed E-state index contributed by atoms with van der Waals surface area (Å²) >= 11 is 0. The van der Waals surface area contributed by atoms with Gasteiger partial charge in [0.25, 0.3) is 5.56 Å². The summed E-state index contributed by atoms with van der Waals surface area (Å²) in [6.45, 7) is 6.49. The summed E-state index contributed by atoms with van der Waals surface area (Å²) < 4.78 is 5.62. The number of aromatic amines is 1. The third-order valence-corrected chi connectivity index (χ3v) is 5.05. The number of hydrogen-bond acceptors (Lipinski definition) is 5. The van der Waals surface area contributed by atoms with Gasteiger partial charge in [0.15, 0.2) is 0 Å². The van der Waals surface area contributed by atoms with E-state index in [0.717, 1.165) is 27.8 Å². The molecule has 0 bridgehead atoms. The molecular weight excluding hydrogens is 380 g/mol. The molecule has 7 nitrogen and oxygen atoms in total. The molecule has 30 heavy (non-hydrogen) atoms. The van der Waals surface area contributed by atoms with Crippen molar-refractivity contribution in [2.45, 2.75) is 27.3 Å². The number of likely N-dealkylation sites (N-methyl/N-ethyl adjacent to an activating group) is 1. The molecule has 4 aromatic rings. The molecule has 2 aromatic heterocycles. The van der Waals surface area contributed by atoms with E-state index in [1.165, 1.54) is 0 Å². The highest BCUT2D eigenvalue weighted by molar-refractivity contribution is 6.01. The average Bonchev–Trinajstić information content (AvgIpc) is 3.04. The van der Waals surface area contributed by atoms with E-state index in [9.17, 15) is 9.59 Å². The van der Waals surface area contributed by atoms with Crippen LogP contribution in [0.2, 0.25) is 0 Å². The molecule has 0 aliphatic carbocycles.